The van der Waals surface area contributed by atoms with Crippen molar-refractivity contribution >= 4 is 5.91 Å². The predicted molar refractivity (Wildman–Crippen MR) is 99.9 cm³/mol. The van der Waals surface area contributed by atoms with E-state index in [1.807, 2.05) is 14.0 Å². The van der Waals surface area contributed by atoms with Crippen LogP contribution in [-0.2, 0) is 17.9 Å². The van der Waals surface area contributed by atoms with Crippen LogP contribution in [0.15, 0.2) is 42.5 Å². The molecule has 0 heterocycles. The molecule has 0 bridgehead atoms. The summed E-state index contributed by atoms with van der Waals surface area (Å²) in [6, 6.07) is 14.5. The highest BCUT2D eigenvalue weighted by Crippen LogP contribution is 2.14. The van der Waals surface area contributed by atoms with E-state index in [9.17, 15) is 4.79 Å². The molecular formula is C21H28N2O. The predicted octanol–water partition coefficient (Wildman–Crippen LogP) is 3.75. The smallest absolute Gasteiger partial charge is 0.237 e. The van der Waals surface area contributed by atoms with E-state index in [1.54, 1.807) is 0 Å². The molecule has 1 unspecified atom stereocenters. The van der Waals surface area contributed by atoms with Crippen molar-refractivity contribution in [3.8, 4) is 0 Å². The van der Waals surface area contributed by atoms with Crippen molar-refractivity contribution in [3.05, 3.63) is 70.3 Å². The van der Waals surface area contributed by atoms with Gasteiger partial charge in [0, 0.05) is 13.1 Å². The van der Waals surface area contributed by atoms with E-state index >= 15 is 0 Å². The zero-order valence-electron chi connectivity index (χ0n) is 15.4. The molecule has 2 aromatic carbocycles. The number of hydrogen-bond donors (Lipinski definition) is 1. The van der Waals surface area contributed by atoms with Crippen molar-refractivity contribution < 1.29 is 4.79 Å². The Morgan fingerprint density at radius 2 is 1.67 bits per heavy atom. The maximum Gasteiger partial charge on any atom is 0.237 e. The fourth-order valence-corrected chi connectivity index (χ4v) is 2.67. The highest BCUT2D eigenvalue weighted by atomic mass is 16.2. The number of hydrogen-bond acceptors (Lipinski definition) is 2. The molecule has 3 nitrogen and oxygen atoms in total. The van der Waals surface area contributed by atoms with E-state index in [-0.39, 0.29) is 11.9 Å². The Labute approximate surface area is 145 Å². The van der Waals surface area contributed by atoms with E-state index in [4.69, 9.17) is 0 Å². The zero-order valence-corrected chi connectivity index (χ0v) is 15.4. The highest BCUT2D eigenvalue weighted by Gasteiger charge is 2.18. The summed E-state index contributed by atoms with van der Waals surface area (Å²) >= 11 is 0. The average Bonchev–Trinajstić information content (AvgIpc) is 2.55. The molecule has 1 atom stereocenters. The second-order valence-electron chi connectivity index (χ2n) is 6.72. The number of amides is 1. The molecule has 0 saturated carbocycles. The maximum atomic E-state index is 12.4. The van der Waals surface area contributed by atoms with Crippen LogP contribution in [-0.4, -0.2) is 23.9 Å². The third kappa shape index (κ3) is 4.93. The van der Waals surface area contributed by atoms with Crippen LogP contribution in [0.25, 0.3) is 0 Å². The van der Waals surface area contributed by atoms with Crippen LogP contribution in [0.2, 0.25) is 0 Å². The number of carbonyl (C=O) groups excluding carboxylic acids is 1. The summed E-state index contributed by atoms with van der Waals surface area (Å²) in [6.07, 6.45) is 0. The number of nitrogens with zero attached hydrogens (tertiary/aromatic N) is 1. The number of nitrogens with one attached hydrogen (secondary N) is 1. The summed E-state index contributed by atoms with van der Waals surface area (Å²) in [6.45, 7) is 9.58. The molecule has 2 rings (SSSR count). The van der Waals surface area contributed by atoms with Gasteiger partial charge >= 0.3 is 0 Å². The van der Waals surface area contributed by atoms with Gasteiger partial charge in [-0.2, -0.15) is 0 Å². The Bertz CT molecular complexity index is 691. The van der Waals surface area contributed by atoms with Crippen molar-refractivity contribution in [3.63, 3.8) is 0 Å². The Balaban J connectivity index is 1.90. The monoisotopic (exact) mass is 324 g/mol. The van der Waals surface area contributed by atoms with Gasteiger partial charge in [0.15, 0.2) is 0 Å². The van der Waals surface area contributed by atoms with Crippen LogP contribution in [0.5, 0.6) is 0 Å². The summed E-state index contributed by atoms with van der Waals surface area (Å²) < 4.78 is 0. The van der Waals surface area contributed by atoms with Crippen LogP contribution < -0.4 is 5.32 Å². The lowest BCUT2D eigenvalue weighted by Gasteiger charge is -2.24. The summed E-state index contributed by atoms with van der Waals surface area (Å²) in [5.74, 6) is 0.0582. The highest BCUT2D eigenvalue weighted by molar-refractivity contribution is 5.81. The van der Waals surface area contributed by atoms with Crippen LogP contribution >= 0.6 is 0 Å². The van der Waals surface area contributed by atoms with E-state index in [2.05, 4.69) is 73.5 Å². The lowest BCUT2D eigenvalue weighted by atomic mass is 10.0. The third-order valence-electron chi connectivity index (χ3n) is 4.55. The standard InChI is InChI=1S/C21H28N2O/c1-15-6-9-19(10-7-15)13-22-21(24)18(4)23(5)14-20-11-8-16(2)12-17(20)3/h6-12,18H,13-14H2,1-5H3,(H,22,24). The molecule has 3 heteroatoms. The Hall–Kier alpha value is -2.13. The molecule has 24 heavy (non-hydrogen) atoms. The topological polar surface area (TPSA) is 32.3 Å². The molecule has 0 radical (unpaired) electrons. The summed E-state index contributed by atoms with van der Waals surface area (Å²) in [7, 11) is 2.00. The van der Waals surface area contributed by atoms with Gasteiger partial charge in [0.2, 0.25) is 5.91 Å². The lowest BCUT2D eigenvalue weighted by molar-refractivity contribution is -0.125. The second kappa shape index (κ2) is 8.11. The number of aryl methyl sites for hydroxylation is 3. The summed E-state index contributed by atoms with van der Waals surface area (Å²) in [5, 5.41) is 3.03. The molecule has 0 saturated heterocycles. The molecule has 0 fully saturated rings. The van der Waals surface area contributed by atoms with Gasteiger partial charge < -0.3 is 5.32 Å². The maximum absolute atomic E-state index is 12.4. The van der Waals surface area contributed by atoms with E-state index in [0.717, 1.165) is 12.1 Å². The quantitative estimate of drug-likeness (QED) is 0.878. The van der Waals surface area contributed by atoms with Gasteiger partial charge in [-0.05, 0) is 51.4 Å². The SMILES string of the molecule is Cc1ccc(CNC(=O)C(C)N(C)Cc2ccc(C)cc2C)cc1. The third-order valence-corrected chi connectivity index (χ3v) is 4.55. The molecule has 128 valence electrons. The fourth-order valence-electron chi connectivity index (χ4n) is 2.67. The molecule has 0 aliphatic rings. The fraction of sp³-hybridized carbons (Fsp3) is 0.381. The van der Waals surface area contributed by atoms with E-state index < -0.39 is 0 Å². The molecule has 2 aromatic rings. The number of rotatable bonds is 6. The zero-order chi connectivity index (χ0) is 17.7. The summed E-state index contributed by atoms with van der Waals surface area (Å²) in [5.41, 5.74) is 6.16. The van der Waals surface area contributed by atoms with Crippen molar-refractivity contribution in [1.29, 1.82) is 0 Å². The number of likely N-dealkylation sites (N-methyl/N-ethyl adjacent to an activating group) is 1. The van der Waals surface area contributed by atoms with Gasteiger partial charge in [-0.15, -0.1) is 0 Å². The normalized spacial score (nSPS) is 12.2. The minimum absolute atomic E-state index is 0.0582. The summed E-state index contributed by atoms with van der Waals surface area (Å²) in [4.78, 5) is 14.5. The first-order chi connectivity index (χ1) is 11.4. The minimum atomic E-state index is -0.170. The second-order valence-corrected chi connectivity index (χ2v) is 6.72. The molecule has 0 aliphatic heterocycles. The Morgan fingerprint density at radius 3 is 2.29 bits per heavy atom. The van der Waals surface area contributed by atoms with Crippen LogP contribution in [0.3, 0.4) is 0 Å². The number of carbonyl (C=O) groups is 1. The van der Waals surface area contributed by atoms with Gasteiger partial charge in [-0.25, -0.2) is 0 Å². The van der Waals surface area contributed by atoms with Crippen molar-refractivity contribution in [2.45, 2.75) is 46.8 Å². The molecule has 0 spiro atoms. The van der Waals surface area contributed by atoms with Crippen LogP contribution in [0.4, 0.5) is 0 Å². The van der Waals surface area contributed by atoms with Crippen LogP contribution in [0.1, 0.15) is 34.7 Å². The van der Waals surface area contributed by atoms with E-state index in [1.165, 1.54) is 22.3 Å². The molecular weight excluding hydrogens is 296 g/mol. The van der Waals surface area contributed by atoms with Gasteiger partial charge in [0.1, 0.15) is 0 Å². The minimum Gasteiger partial charge on any atom is -0.351 e. The first-order valence-electron chi connectivity index (χ1n) is 8.46. The molecule has 1 N–H and O–H groups in total. The van der Waals surface area contributed by atoms with E-state index in [0.29, 0.717) is 6.54 Å². The van der Waals surface area contributed by atoms with Gasteiger partial charge in [-0.1, -0.05) is 53.6 Å². The largest absolute Gasteiger partial charge is 0.351 e. The lowest BCUT2D eigenvalue weighted by Crippen LogP contribution is -2.42. The molecule has 0 aromatic heterocycles. The first kappa shape index (κ1) is 18.2. The molecule has 1 amide bonds. The van der Waals surface area contributed by atoms with Crippen molar-refractivity contribution in [2.75, 3.05) is 7.05 Å². The van der Waals surface area contributed by atoms with Crippen LogP contribution in [0, 0.1) is 20.8 Å². The molecule has 0 aliphatic carbocycles. The van der Waals surface area contributed by atoms with Gasteiger partial charge in [-0.3, -0.25) is 9.69 Å². The Morgan fingerprint density at radius 1 is 1.04 bits per heavy atom. The number of benzene rings is 2. The Kier molecular flexibility index (Phi) is 6.16. The van der Waals surface area contributed by atoms with Crippen molar-refractivity contribution in [2.24, 2.45) is 0 Å². The van der Waals surface area contributed by atoms with Gasteiger partial charge in [0.25, 0.3) is 0 Å². The van der Waals surface area contributed by atoms with Gasteiger partial charge in [0.05, 0.1) is 6.04 Å². The van der Waals surface area contributed by atoms with Crippen molar-refractivity contribution in [1.82, 2.24) is 10.2 Å². The first-order valence-corrected chi connectivity index (χ1v) is 8.46. The average molecular weight is 324 g/mol.